The second-order valence-corrected chi connectivity index (χ2v) is 7.43. The lowest BCUT2D eigenvalue weighted by atomic mass is 9.98. The van der Waals surface area contributed by atoms with E-state index in [9.17, 15) is 4.79 Å². The molecule has 0 unspecified atom stereocenters. The van der Waals surface area contributed by atoms with Gasteiger partial charge in [-0.1, -0.05) is 56.0 Å². The SMILES string of the molecule is C[C@H]1CN(C(=O)C2CCCCCC2)Cc2nnc(-c3ccccc3)n21. The van der Waals surface area contributed by atoms with E-state index in [2.05, 4.69) is 33.8 Å². The van der Waals surface area contributed by atoms with Crippen molar-refractivity contribution in [2.24, 2.45) is 5.92 Å². The van der Waals surface area contributed by atoms with Crippen molar-refractivity contribution < 1.29 is 4.79 Å². The summed E-state index contributed by atoms with van der Waals surface area (Å²) in [6.45, 7) is 3.49. The first-order chi connectivity index (χ1) is 12.2. The summed E-state index contributed by atoms with van der Waals surface area (Å²) in [5, 5.41) is 8.81. The summed E-state index contributed by atoms with van der Waals surface area (Å²) < 4.78 is 2.20. The van der Waals surface area contributed by atoms with E-state index in [1.165, 1.54) is 25.7 Å². The van der Waals surface area contributed by atoms with Crippen LogP contribution in [0.3, 0.4) is 0 Å². The van der Waals surface area contributed by atoms with Crippen LogP contribution in [0.5, 0.6) is 0 Å². The molecule has 0 radical (unpaired) electrons. The zero-order chi connectivity index (χ0) is 17.2. The number of amides is 1. The monoisotopic (exact) mass is 338 g/mol. The number of nitrogens with zero attached hydrogens (tertiary/aromatic N) is 4. The fraction of sp³-hybridized carbons (Fsp3) is 0.550. The third-order valence-electron chi connectivity index (χ3n) is 5.57. The van der Waals surface area contributed by atoms with Gasteiger partial charge in [-0.15, -0.1) is 10.2 Å². The Morgan fingerprint density at radius 3 is 2.48 bits per heavy atom. The lowest BCUT2D eigenvalue weighted by Gasteiger charge is -2.34. The predicted molar refractivity (Wildman–Crippen MR) is 96.8 cm³/mol. The van der Waals surface area contributed by atoms with Crippen molar-refractivity contribution in [1.29, 1.82) is 0 Å². The largest absolute Gasteiger partial charge is 0.333 e. The van der Waals surface area contributed by atoms with Gasteiger partial charge in [0.1, 0.15) is 0 Å². The Hall–Kier alpha value is -2.17. The van der Waals surface area contributed by atoms with Crippen LogP contribution >= 0.6 is 0 Å². The molecule has 1 amide bonds. The molecule has 4 rings (SSSR count). The number of fused-ring (bicyclic) bond motifs is 1. The lowest BCUT2D eigenvalue weighted by molar-refractivity contribution is -0.138. The summed E-state index contributed by atoms with van der Waals surface area (Å²) in [4.78, 5) is 15.0. The summed E-state index contributed by atoms with van der Waals surface area (Å²) in [6, 6.07) is 10.4. The smallest absolute Gasteiger partial charge is 0.226 e. The highest BCUT2D eigenvalue weighted by molar-refractivity contribution is 5.79. The van der Waals surface area contributed by atoms with Gasteiger partial charge in [0, 0.05) is 18.0 Å². The van der Waals surface area contributed by atoms with Gasteiger partial charge < -0.3 is 9.47 Å². The molecule has 2 aliphatic rings. The molecule has 0 saturated heterocycles. The normalized spacial score (nSPS) is 21.6. The van der Waals surface area contributed by atoms with Gasteiger partial charge in [0.15, 0.2) is 11.6 Å². The van der Waals surface area contributed by atoms with E-state index in [0.717, 1.165) is 36.6 Å². The number of benzene rings is 1. The Labute approximate surface area is 149 Å². The van der Waals surface area contributed by atoms with Crippen LogP contribution in [-0.2, 0) is 11.3 Å². The molecule has 0 bridgehead atoms. The molecular weight excluding hydrogens is 312 g/mol. The second-order valence-electron chi connectivity index (χ2n) is 7.43. The molecule has 1 aliphatic carbocycles. The molecule has 1 atom stereocenters. The summed E-state index contributed by atoms with van der Waals surface area (Å²) in [5.41, 5.74) is 1.08. The molecule has 0 N–H and O–H groups in total. The van der Waals surface area contributed by atoms with Crippen LogP contribution in [0.15, 0.2) is 30.3 Å². The number of rotatable bonds is 2. The molecule has 1 aromatic carbocycles. The molecule has 2 aromatic rings. The van der Waals surface area contributed by atoms with E-state index < -0.39 is 0 Å². The van der Waals surface area contributed by atoms with Crippen molar-refractivity contribution in [2.45, 2.75) is 58.0 Å². The Morgan fingerprint density at radius 2 is 1.76 bits per heavy atom. The molecule has 1 fully saturated rings. The van der Waals surface area contributed by atoms with Crippen LogP contribution in [0.2, 0.25) is 0 Å². The minimum absolute atomic E-state index is 0.198. The molecular formula is C20H26N4O. The maximum Gasteiger partial charge on any atom is 0.226 e. The predicted octanol–water partition coefficient (Wildman–Crippen LogP) is 3.82. The van der Waals surface area contributed by atoms with Gasteiger partial charge in [0.05, 0.1) is 12.6 Å². The Balaban J connectivity index is 1.56. The molecule has 2 heterocycles. The third kappa shape index (κ3) is 3.20. The first-order valence-corrected chi connectivity index (χ1v) is 9.52. The van der Waals surface area contributed by atoms with Crippen LogP contribution in [0.4, 0.5) is 0 Å². The summed E-state index contributed by atoms with van der Waals surface area (Å²) >= 11 is 0. The van der Waals surface area contributed by atoms with E-state index in [1.807, 2.05) is 23.1 Å². The minimum atomic E-state index is 0.198. The van der Waals surface area contributed by atoms with Crippen LogP contribution in [0.25, 0.3) is 11.4 Å². The molecule has 0 spiro atoms. The van der Waals surface area contributed by atoms with Gasteiger partial charge in [0.2, 0.25) is 5.91 Å². The molecule has 5 heteroatoms. The Kier molecular flexibility index (Phi) is 4.55. The third-order valence-corrected chi connectivity index (χ3v) is 5.57. The average Bonchev–Trinajstić information content (AvgIpc) is 2.89. The highest BCUT2D eigenvalue weighted by Crippen LogP contribution is 2.30. The van der Waals surface area contributed by atoms with Gasteiger partial charge in [0.25, 0.3) is 0 Å². The van der Waals surface area contributed by atoms with Crippen molar-refractivity contribution in [3.05, 3.63) is 36.2 Å². The summed E-state index contributed by atoms with van der Waals surface area (Å²) in [7, 11) is 0. The van der Waals surface area contributed by atoms with Gasteiger partial charge in [-0.05, 0) is 19.8 Å². The van der Waals surface area contributed by atoms with Gasteiger partial charge in [-0.25, -0.2) is 0 Å². The van der Waals surface area contributed by atoms with Gasteiger partial charge in [-0.3, -0.25) is 4.79 Å². The molecule has 1 aliphatic heterocycles. The van der Waals surface area contributed by atoms with Crippen LogP contribution in [0.1, 0.15) is 57.3 Å². The minimum Gasteiger partial charge on any atom is -0.333 e. The Morgan fingerprint density at radius 1 is 1.04 bits per heavy atom. The number of aromatic nitrogens is 3. The maximum atomic E-state index is 13.0. The van der Waals surface area contributed by atoms with E-state index in [-0.39, 0.29) is 12.0 Å². The van der Waals surface area contributed by atoms with E-state index in [0.29, 0.717) is 12.5 Å². The highest BCUT2D eigenvalue weighted by Gasteiger charge is 2.32. The van der Waals surface area contributed by atoms with Gasteiger partial charge >= 0.3 is 0 Å². The first-order valence-electron chi connectivity index (χ1n) is 9.52. The van der Waals surface area contributed by atoms with Crippen molar-refractivity contribution in [1.82, 2.24) is 19.7 Å². The van der Waals surface area contributed by atoms with Crippen molar-refractivity contribution in [3.63, 3.8) is 0 Å². The number of carbonyl (C=O) groups excluding carboxylic acids is 1. The lowest BCUT2D eigenvalue weighted by Crippen LogP contribution is -2.43. The number of carbonyl (C=O) groups is 1. The van der Waals surface area contributed by atoms with Gasteiger partial charge in [-0.2, -0.15) is 0 Å². The van der Waals surface area contributed by atoms with E-state index >= 15 is 0 Å². The van der Waals surface area contributed by atoms with Crippen LogP contribution in [-0.4, -0.2) is 32.1 Å². The molecule has 1 saturated carbocycles. The molecule has 132 valence electrons. The second kappa shape index (κ2) is 6.98. The van der Waals surface area contributed by atoms with Crippen molar-refractivity contribution in [3.8, 4) is 11.4 Å². The van der Waals surface area contributed by atoms with Crippen molar-refractivity contribution in [2.75, 3.05) is 6.54 Å². The van der Waals surface area contributed by atoms with Crippen LogP contribution < -0.4 is 0 Å². The maximum absolute atomic E-state index is 13.0. The number of hydrogen-bond acceptors (Lipinski definition) is 3. The fourth-order valence-electron chi connectivity index (χ4n) is 4.27. The van der Waals surface area contributed by atoms with Crippen LogP contribution in [0, 0.1) is 5.92 Å². The average molecular weight is 338 g/mol. The summed E-state index contributed by atoms with van der Waals surface area (Å²) in [6.07, 6.45) is 7.02. The fourth-order valence-corrected chi connectivity index (χ4v) is 4.27. The molecule has 25 heavy (non-hydrogen) atoms. The molecule has 1 aromatic heterocycles. The number of hydrogen-bond donors (Lipinski definition) is 0. The van der Waals surface area contributed by atoms with Crippen molar-refractivity contribution >= 4 is 5.91 Å². The quantitative estimate of drug-likeness (QED) is 0.782. The zero-order valence-electron chi connectivity index (χ0n) is 14.9. The first kappa shape index (κ1) is 16.3. The summed E-state index contributed by atoms with van der Waals surface area (Å²) in [5.74, 6) is 2.34. The molecule has 5 nitrogen and oxygen atoms in total. The topological polar surface area (TPSA) is 51.0 Å². The standard InChI is InChI=1S/C20H26N4O/c1-15-13-23(20(25)17-11-5-2-3-6-12-17)14-18-21-22-19(24(15)18)16-9-7-4-8-10-16/h4,7-10,15,17H,2-3,5-6,11-14H2,1H3/t15-/m0/s1. The van der Waals surface area contributed by atoms with E-state index in [4.69, 9.17) is 0 Å². The highest BCUT2D eigenvalue weighted by atomic mass is 16.2. The zero-order valence-corrected chi connectivity index (χ0v) is 14.9. The van der Waals surface area contributed by atoms with E-state index in [1.54, 1.807) is 0 Å². The Bertz CT molecular complexity index is 731.